The molecule has 6 nitrogen and oxygen atoms in total. The Balaban J connectivity index is 1.67. The number of aliphatic hydroxyl groups is 1. The normalized spacial score (nSPS) is 24.2. The summed E-state index contributed by atoms with van der Waals surface area (Å²) in [5.74, 6) is 0.517. The molecule has 3 rings (SSSR count). The Morgan fingerprint density at radius 1 is 1.29 bits per heavy atom. The van der Waals surface area contributed by atoms with Crippen molar-refractivity contribution in [2.45, 2.75) is 50.9 Å². The van der Waals surface area contributed by atoms with Crippen molar-refractivity contribution in [2.24, 2.45) is 0 Å². The number of aromatic nitrogens is 1. The van der Waals surface area contributed by atoms with Crippen molar-refractivity contribution in [3.05, 3.63) is 47.9 Å². The van der Waals surface area contributed by atoms with Crippen LogP contribution in [0.25, 0.3) is 0 Å². The molecule has 0 spiro atoms. The number of aliphatic hydroxyl groups excluding tert-OH is 1. The van der Waals surface area contributed by atoms with Crippen molar-refractivity contribution in [2.75, 3.05) is 0 Å². The number of para-hydroxylation sites is 1. The fourth-order valence-corrected chi connectivity index (χ4v) is 2.98. The summed E-state index contributed by atoms with van der Waals surface area (Å²) in [4.78, 5) is 12.3. The highest BCUT2D eigenvalue weighted by atomic mass is 16.5. The Morgan fingerprint density at radius 2 is 2.04 bits per heavy atom. The van der Waals surface area contributed by atoms with Crippen molar-refractivity contribution < 1.29 is 19.2 Å². The van der Waals surface area contributed by atoms with Gasteiger partial charge in [-0.1, -0.05) is 29.8 Å². The van der Waals surface area contributed by atoms with Crippen LogP contribution in [-0.4, -0.2) is 34.4 Å². The lowest BCUT2D eigenvalue weighted by atomic mass is 10.0. The number of carbonyl (C=O) groups is 1. The maximum atomic E-state index is 12.3. The van der Waals surface area contributed by atoms with Crippen LogP contribution in [-0.2, 0) is 0 Å². The zero-order chi connectivity index (χ0) is 16.9. The smallest absolute Gasteiger partial charge is 0.290 e. The Labute approximate surface area is 140 Å². The van der Waals surface area contributed by atoms with Crippen LogP contribution in [0.1, 0.15) is 41.9 Å². The number of hydrogen-bond acceptors (Lipinski definition) is 5. The maximum absolute atomic E-state index is 12.3. The fraction of sp³-hybridized carbons (Fsp3) is 0.444. The average molecular weight is 330 g/mol. The second-order valence-electron chi connectivity index (χ2n) is 6.16. The highest BCUT2D eigenvalue weighted by molar-refractivity contribution is 5.91. The molecule has 2 N–H and O–H groups in total. The molecule has 1 fully saturated rings. The topological polar surface area (TPSA) is 84.6 Å². The number of rotatable bonds is 4. The van der Waals surface area contributed by atoms with Crippen LogP contribution in [0.5, 0.6) is 5.75 Å². The number of ether oxygens (including phenoxy) is 1. The standard InChI is InChI=1S/C18H22N2O4/c1-12-11-16(24-20-12)18(22)19-14-9-5-6-10-15(17(14)21)23-13-7-3-2-4-8-13/h2-4,7-8,11,14-15,17,21H,5-6,9-10H2,1H3,(H,19,22)/t14-,15-,17-/m1/s1. The van der Waals surface area contributed by atoms with Crippen molar-refractivity contribution in [3.8, 4) is 5.75 Å². The van der Waals surface area contributed by atoms with E-state index in [1.54, 1.807) is 13.0 Å². The first-order valence-corrected chi connectivity index (χ1v) is 8.27. The third-order valence-corrected chi connectivity index (χ3v) is 4.25. The summed E-state index contributed by atoms with van der Waals surface area (Å²) in [5.41, 5.74) is 0.645. The number of aryl methyl sites for hydroxylation is 1. The number of carbonyl (C=O) groups excluding carboxylic acids is 1. The second-order valence-corrected chi connectivity index (χ2v) is 6.16. The van der Waals surface area contributed by atoms with Gasteiger partial charge in [-0.3, -0.25) is 4.79 Å². The molecule has 128 valence electrons. The zero-order valence-corrected chi connectivity index (χ0v) is 13.6. The summed E-state index contributed by atoms with van der Waals surface area (Å²) in [6, 6.07) is 10.6. The number of benzene rings is 1. The molecule has 0 radical (unpaired) electrons. The summed E-state index contributed by atoms with van der Waals surface area (Å²) >= 11 is 0. The van der Waals surface area contributed by atoms with Gasteiger partial charge in [-0.05, 0) is 38.3 Å². The average Bonchev–Trinajstić information content (AvgIpc) is 2.96. The van der Waals surface area contributed by atoms with Gasteiger partial charge in [0, 0.05) is 6.07 Å². The monoisotopic (exact) mass is 330 g/mol. The molecule has 1 amide bonds. The van der Waals surface area contributed by atoms with Crippen LogP contribution < -0.4 is 10.1 Å². The minimum atomic E-state index is -0.777. The lowest BCUT2D eigenvalue weighted by Gasteiger charge is -2.28. The fourth-order valence-electron chi connectivity index (χ4n) is 2.98. The van der Waals surface area contributed by atoms with E-state index in [-0.39, 0.29) is 23.8 Å². The van der Waals surface area contributed by atoms with Crippen molar-refractivity contribution in [1.82, 2.24) is 10.5 Å². The van der Waals surface area contributed by atoms with Crippen LogP contribution in [0.4, 0.5) is 0 Å². The van der Waals surface area contributed by atoms with Gasteiger partial charge in [0.2, 0.25) is 5.76 Å². The highest BCUT2D eigenvalue weighted by Crippen LogP contribution is 2.24. The van der Waals surface area contributed by atoms with Crippen LogP contribution in [0, 0.1) is 6.92 Å². The van der Waals surface area contributed by atoms with Crippen LogP contribution in [0.3, 0.4) is 0 Å². The molecule has 0 bridgehead atoms. The number of nitrogens with zero attached hydrogens (tertiary/aromatic N) is 1. The summed E-state index contributed by atoms with van der Waals surface area (Å²) in [6.07, 6.45) is 2.20. The van der Waals surface area contributed by atoms with Gasteiger partial charge in [0.25, 0.3) is 5.91 Å². The second kappa shape index (κ2) is 7.49. The van der Waals surface area contributed by atoms with Gasteiger partial charge in [-0.15, -0.1) is 0 Å². The summed E-state index contributed by atoms with van der Waals surface area (Å²) < 4.78 is 10.9. The van der Waals surface area contributed by atoms with Crippen LogP contribution >= 0.6 is 0 Å². The molecule has 24 heavy (non-hydrogen) atoms. The number of nitrogens with one attached hydrogen (secondary N) is 1. The van der Waals surface area contributed by atoms with Gasteiger partial charge >= 0.3 is 0 Å². The molecule has 0 unspecified atom stereocenters. The van der Waals surface area contributed by atoms with E-state index in [4.69, 9.17) is 9.26 Å². The van der Waals surface area contributed by atoms with E-state index in [1.807, 2.05) is 30.3 Å². The van der Waals surface area contributed by atoms with Crippen molar-refractivity contribution in [1.29, 1.82) is 0 Å². The van der Waals surface area contributed by atoms with E-state index in [2.05, 4.69) is 10.5 Å². The predicted molar refractivity (Wildman–Crippen MR) is 87.8 cm³/mol. The van der Waals surface area contributed by atoms with E-state index in [1.165, 1.54) is 0 Å². The molecule has 1 aromatic carbocycles. The molecular weight excluding hydrogens is 308 g/mol. The molecule has 3 atom stereocenters. The van der Waals surface area contributed by atoms with E-state index in [0.29, 0.717) is 12.1 Å². The van der Waals surface area contributed by atoms with Gasteiger partial charge in [-0.2, -0.15) is 0 Å². The number of hydrogen-bond donors (Lipinski definition) is 2. The van der Waals surface area contributed by atoms with E-state index in [0.717, 1.165) is 25.0 Å². The molecular formula is C18H22N2O4. The summed E-state index contributed by atoms with van der Waals surface area (Å²) in [5, 5.41) is 17.3. The highest BCUT2D eigenvalue weighted by Gasteiger charge is 2.33. The molecule has 1 aromatic heterocycles. The molecule has 1 aliphatic carbocycles. The van der Waals surface area contributed by atoms with Gasteiger partial charge in [0.05, 0.1) is 11.7 Å². The molecule has 1 aliphatic rings. The minimum Gasteiger partial charge on any atom is -0.488 e. The minimum absolute atomic E-state index is 0.157. The van der Waals surface area contributed by atoms with Gasteiger partial charge in [-0.25, -0.2) is 0 Å². The first-order chi connectivity index (χ1) is 11.6. The molecule has 6 heteroatoms. The maximum Gasteiger partial charge on any atom is 0.290 e. The van der Waals surface area contributed by atoms with Crippen LogP contribution in [0.15, 0.2) is 40.9 Å². The van der Waals surface area contributed by atoms with E-state index < -0.39 is 6.10 Å². The van der Waals surface area contributed by atoms with Crippen molar-refractivity contribution >= 4 is 5.91 Å². The first kappa shape index (κ1) is 16.5. The molecule has 1 saturated carbocycles. The van der Waals surface area contributed by atoms with E-state index >= 15 is 0 Å². The van der Waals surface area contributed by atoms with Crippen LogP contribution in [0.2, 0.25) is 0 Å². The van der Waals surface area contributed by atoms with Gasteiger partial charge in [0.1, 0.15) is 18.0 Å². The third kappa shape index (κ3) is 3.94. The van der Waals surface area contributed by atoms with Gasteiger partial charge in [0.15, 0.2) is 0 Å². The Kier molecular flexibility index (Phi) is 5.15. The Morgan fingerprint density at radius 3 is 2.75 bits per heavy atom. The van der Waals surface area contributed by atoms with Crippen molar-refractivity contribution in [3.63, 3.8) is 0 Å². The number of amides is 1. The summed E-state index contributed by atoms with van der Waals surface area (Å²) in [6.45, 7) is 1.75. The zero-order valence-electron chi connectivity index (χ0n) is 13.6. The third-order valence-electron chi connectivity index (χ3n) is 4.25. The first-order valence-electron chi connectivity index (χ1n) is 8.27. The molecule has 2 aromatic rings. The lowest BCUT2D eigenvalue weighted by Crippen LogP contribution is -2.49. The molecule has 0 saturated heterocycles. The predicted octanol–water partition coefficient (Wildman–Crippen LogP) is 2.46. The van der Waals surface area contributed by atoms with Gasteiger partial charge < -0.3 is 19.7 Å². The largest absolute Gasteiger partial charge is 0.488 e. The Hall–Kier alpha value is -2.34. The van der Waals surface area contributed by atoms with E-state index in [9.17, 15) is 9.90 Å². The molecule has 0 aliphatic heterocycles. The lowest BCUT2D eigenvalue weighted by molar-refractivity contribution is 0.0125. The SMILES string of the molecule is Cc1cc(C(=O)N[C@@H]2CCCC[C@@H](Oc3ccccc3)[C@@H]2O)on1. The summed E-state index contributed by atoms with van der Waals surface area (Å²) in [7, 11) is 0. The Bertz CT molecular complexity index is 671. The molecule has 1 heterocycles. The quantitative estimate of drug-likeness (QED) is 0.841.